The second-order valence-electron chi connectivity index (χ2n) is 4.22. The molecule has 0 saturated carbocycles. The minimum atomic E-state index is -3.63. The number of rotatable bonds is 6. The fourth-order valence-corrected chi connectivity index (χ4v) is 2.74. The van der Waals surface area contributed by atoms with Crippen LogP contribution in [0.2, 0.25) is 0 Å². The summed E-state index contributed by atoms with van der Waals surface area (Å²) < 4.78 is 30.6. The average molecular weight is 287 g/mol. The highest BCUT2D eigenvalue weighted by Gasteiger charge is 2.18. The first-order valence-corrected chi connectivity index (χ1v) is 7.26. The van der Waals surface area contributed by atoms with Crippen LogP contribution >= 0.6 is 0 Å². The summed E-state index contributed by atoms with van der Waals surface area (Å²) in [5, 5.41) is 9.13. The van der Waals surface area contributed by atoms with Gasteiger partial charge in [-0.1, -0.05) is 6.07 Å². The van der Waals surface area contributed by atoms with Crippen LogP contribution in [0, 0.1) is 13.8 Å². The minimum Gasteiger partial charge on any atom is -0.478 e. The average Bonchev–Trinajstić information content (AvgIpc) is 2.29. The number of carboxylic acids is 1. The van der Waals surface area contributed by atoms with Gasteiger partial charge >= 0.3 is 5.97 Å². The van der Waals surface area contributed by atoms with Crippen molar-refractivity contribution < 1.29 is 23.1 Å². The molecule has 0 amide bonds. The molecule has 0 aliphatic rings. The van der Waals surface area contributed by atoms with E-state index in [0.717, 1.165) is 5.56 Å². The highest BCUT2D eigenvalue weighted by molar-refractivity contribution is 7.92. The summed E-state index contributed by atoms with van der Waals surface area (Å²) in [5.41, 5.74) is 1.38. The summed E-state index contributed by atoms with van der Waals surface area (Å²) in [5.74, 6) is -1.40. The lowest BCUT2D eigenvalue weighted by Gasteiger charge is -2.14. The summed E-state index contributed by atoms with van der Waals surface area (Å²) in [4.78, 5) is 11.2. The molecule has 0 bridgehead atoms. The summed E-state index contributed by atoms with van der Waals surface area (Å²) >= 11 is 0. The van der Waals surface area contributed by atoms with Crippen molar-refractivity contribution in [3.63, 3.8) is 0 Å². The van der Waals surface area contributed by atoms with Crippen LogP contribution < -0.4 is 4.72 Å². The smallest absolute Gasteiger partial charge is 0.337 e. The first kappa shape index (κ1) is 15.5. The lowest BCUT2D eigenvalue weighted by Crippen LogP contribution is -2.22. The number of carboxylic acid groups (broad SMARTS) is 1. The monoisotopic (exact) mass is 287 g/mol. The largest absolute Gasteiger partial charge is 0.478 e. The molecule has 0 aliphatic carbocycles. The zero-order valence-electron chi connectivity index (χ0n) is 11.1. The van der Waals surface area contributed by atoms with Crippen LogP contribution in [-0.2, 0) is 14.8 Å². The Hall–Kier alpha value is -1.60. The molecule has 1 aromatic rings. The molecule has 0 fully saturated rings. The maximum atomic E-state index is 11.8. The summed E-state index contributed by atoms with van der Waals surface area (Å²) in [6, 6.07) is 3.16. The first-order valence-electron chi connectivity index (χ1n) is 5.61. The van der Waals surface area contributed by atoms with Crippen molar-refractivity contribution in [2.75, 3.05) is 24.2 Å². The van der Waals surface area contributed by atoms with E-state index in [1.165, 1.54) is 13.2 Å². The number of sulfonamides is 1. The van der Waals surface area contributed by atoms with Crippen LogP contribution in [-0.4, -0.2) is 39.0 Å². The highest BCUT2D eigenvalue weighted by Crippen LogP contribution is 2.24. The zero-order chi connectivity index (χ0) is 14.6. The topological polar surface area (TPSA) is 92.7 Å². The van der Waals surface area contributed by atoms with E-state index < -0.39 is 16.0 Å². The van der Waals surface area contributed by atoms with Gasteiger partial charge in [0.1, 0.15) is 0 Å². The summed E-state index contributed by atoms with van der Waals surface area (Å²) in [6.07, 6.45) is 0. The van der Waals surface area contributed by atoms with Crippen molar-refractivity contribution in [2.24, 2.45) is 0 Å². The fraction of sp³-hybridized carbons (Fsp3) is 0.417. The zero-order valence-corrected chi connectivity index (χ0v) is 11.9. The molecule has 0 saturated heterocycles. The van der Waals surface area contributed by atoms with Gasteiger partial charge in [-0.05, 0) is 31.0 Å². The van der Waals surface area contributed by atoms with Crippen molar-refractivity contribution in [3.8, 4) is 0 Å². The SMILES string of the molecule is COCCS(=O)(=O)Nc1c(C)cc(C)cc1C(=O)O. The molecule has 6 nitrogen and oxygen atoms in total. The number of ether oxygens (including phenoxy) is 1. The van der Waals surface area contributed by atoms with E-state index in [9.17, 15) is 13.2 Å². The lowest BCUT2D eigenvalue weighted by atomic mass is 10.0. The molecule has 0 aliphatic heterocycles. The molecule has 0 radical (unpaired) electrons. The molecule has 1 rings (SSSR count). The predicted octanol–water partition coefficient (Wildman–Crippen LogP) is 1.39. The van der Waals surface area contributed by atoms with Gasteiger partial charge in [0.05, 0.1) is 23.6 Å². The van der Waals surface area contributed by atoms with E-state index in [1.807, 2.05) is 0 Å². The number of hydrogen-bond acceptors (Lipinski definition) is 4. The molecule has 106 valence electrons. The van der Waals surface area contributed by atoms with Gasteiger partial charge in [0.2, 0.25) is 10.0 Å². The molecular weight excluding hydrogens is 270 g/mol. The van der Waals surface area contributed by atoms with E-state index in [4.69, 9.17) is 9.84 Å². The molecule has 0 spiro atoms. The number of benzene rings is 1. The van der Waals surface area contributed by atoms with E-state index in [-0.39, 0.29) is 23.6 Å². The summed E-state index contributed by atoms with van der Waals surface area (Å²) in [6.45, 7) is 3.46. The second-order valence-corrected chi connectivity index (χ2v) is 6.07. The maximum absolute atomic E-state index is 11.8. The van der Waals surface area contributed by atoms with Crippen molar-refractivity contribution in [1.82, 2.24) is 0 Å². The maximum Gasteiger partial charge on any atom is 0.337 e. The second kappa shape index (κ2) is 6.03. The van der Waals surface area contributed by atoms with Crippen LogP contribution in [0.1, 0.15) is 21.5 Å². The molecular formula is C12H17NO5S. The van der Waals surface area contributed by atoms with Crippen LogP contribution in [0.25, 0.3) is 0 Å². The van der Waals surface area contributed by atoms with Gasteiger partial charge in [-0.25, -0.2) is 13.2 Å². The number of aromatic carboxylic acids is 1. The molecule has 2 N–H and O–H groups in total. The molecule has 1 aromatic carbocycles. The summed E-state index contributed by atoms with van der Waals surface area (Å²) in [7, 11) is -2.23. The Bertz CT molecular complexity index is 580. The van der Waals surface area contributed by atoms with Gasteiger partial charge < -0.3 is 9.84 Å². The number of aryl methyl sites for hydroxylation is 2. The molecule has 0 unspecified atom stereocenters. The molecule has 0 heterocycles. The number of nitrogens with one attached hydrogen (secondary N) is 1. The molecule has 0 aromatic heterocycles. The number of anilines is 1. The standard InChI is InChI=1S/C12H17NO5S/c1-8-6-9(2)11(10(7-8)12(14)15)13-19(16,17)5-4-18-3/h6-7,13H,4-5H2,1-3H3,(H,14,15). The van der Waals surface area contributed by atoms with Crippen LogP contribution in [0.15, 0.2) is 12.1 Å². The third-order valence-electron chi connectivity index (χ3n) is 2.52. The number of carbonyl (C=O) groups is 1. The molecule has 0 atom stereocenters. The highest BCUT2D eigenvalue weighted by atomic mass is 32.2. The Morgan fingerprint density at radius 1 is 1.37 bits per heavy atom. The third-order valence-corrected chi connectivity index (χ3v) is 3.74. The van der Waals surface area contributed by atoms with Gasteiger partial charge in [0.25, 0.3) is 0 Å². The van der Waals surface area contributed by atoms with Gasteiger partial charge in [0.15, 0.2) is 0 Å². The van der Waals surface area contributed by atoms with Gasteiger partial charge in [-0.3, -0.25) is 4.72 Å². The Morgan fingerprint density at radius 3 is 2.53 bits per heavy atom. The van der Waals surface area contributed by atoms with Gasteiger partial charge in [-0.15, -0.1) is 0 Å². The van der Waals surface area contributed by atoms with Crippen LogP contribution in [0.3, 0.4) is 0 Å². The number of hydrogen-bond donors (Lipinski definition) is 2. The van der Waals surface area contributed by atoms with E-state index >= 15 is 0 Å². The third kappa shape index (κ3) is 4.22. The van der Waals surface area contributed by atoms with Crippen molar-refractivity contribution in [2.45, 2.75) is 13.8 Å². The van der Waals surface area contributed by atoms with E-state index in [0.29, 0.717) is 5.56 Å². The Labute approximate surface area is 112 Å². The molecule has 7 heteroatoms. The fourth-order valence-electron chi connectivity index (χ4n) is 1.67. The van der Waals surface area contributed by atoms with Crippen molar-refractivity contribution in [3.05, 3.63) is 28.8 Å². The predicted molar refractivity (Wildman–Crippen MR) is 72.2 cm³/mol. The minimum absolute atomic E-state index is 0.0443. The Kier molecular flexibility index (Phi) is 4.90. The van der Waals surface area contributed by atoms with E-state index in [1.54, 1.807) is 19.9 Å². The Morgan fingerprint density at radius 2 is 2.00 bits per heavy atom. The van der Waals surface area contributed by atoms with Gasteiger partial charge in [0, 0.05) is 7.11 Å². The van der Waals surface area contributed by atoms with Crippen molar-refractivity contribution >= 4 is 21.7 Å². The normalized spacial score (nSPS) is 11.3. The number of methoxy groups -OCH3 is 1. The van der Waals surface area contributed by atoms with Crippen molar-refractivity contribution in [1.29, 1.82) is 0 Å². The van der Waals surface area contributed by atoms with Crippen LogP contribution in [0.4, 0.5) is 5.69 Å². The Balaban J connectivity index is 3.17. The van der Waals surface area contributed by atoms with E-state index in [2.05, 4.69) is 4.72 Å². The first-order chi connectivity index (χ1) is 8.76. The molecule has 19 heavy (non-hydrogen) atoms. The lowest BCUT2D eigenvalue weighted by molar-refractivity contribution is 0.0698. The van der Waals surface area contributed by atoms with Gasteiger partial charge in [-0.2, -0.15) is 0 Å². The quantitative estimate of drug-likeness (QED) is 0.824. The van der Waals surface area contributed by atoms with Crippen LogP contribution in [0.5, 0.6) is 0 Å².